The van der Waals surface area contributed by atoms with Gasteiger partial charge in [0.25, 0.3) is 0 Å². The van der Waals surface area contributed by atoms with Crippen LogP contribution in [0.3, 0.4) is 0 Å². The van der Waals surface area contributed by atoms with Crippen LogP contribution in [0.15, 0.2) is 25.1 Å². The summed E-state index contributed by atoms with van der Waals surface area (Å²) in [7, 11) is 0. The van der Waals surface area contributed by atoms with Gasteiger partial charge in [-0.1, -0.05) is 15.9 Å². The smallest absolute Gasteiger partial charge is 0.0757 e. The first-order valence-electron chi connectivity index (χ1n) is 3.90. The molecule has 0 bridgehead atoms. The van der Waals surface area contributed by atoms with Gasteiger partial charge in [0.15, 0.2) is 0 Å². The largest absolute Gasteiger partial charge is 0.137 e. The van der Waals surface area contributed by atoms with Crippen molar-refractivity contribution in [2.24, 2.45) is 0 Å². The molecule has 0 saturated heterocycles. The van der Waals surface area contributed by atoms with E-state index in [-0.39, 0.29) is 4.83 Å². The maximum Gasteiger partial charge on any atom is 0.0757 e. The van der Waals surface area contributed by atoms with E-state index in [1.54, 1.807) is 22.7 Å². The van der Waals surface area contributed by atoms with E-state index in [1.165, 1.54) is 17.8 Å². The van der Waals surface area contributed by atoms with E-state index in [2.05, 4.69) is 87.9 Å². The van der Waals surface area contributed by atoms with Crippen LogP contribution in [0.25, 0.3) is 0 Å². The molecule has 0 aliphatic heterocycles. The maximum atomic E-state index is 3.73. The van der Waals surface area contributed by atoms with E-state index in [9.17, 15) is 0 Å². The predicted molar refractivity (Wildman–Crippen MR) is 87.5 cm³/mol. The van der Waals surface area contributed by atoms with E-state index in [0.717, 1.165) is 3.79 Å². The molecule has 2 rings (SSSR count). The van der Waals surface area contributed by atoms with Crippen LogP contribution < -0.4 is 0 Å². The molecule has 2 heterocycles. The van der Waals surface area contributed by atoms with E-state index in [4.69, 9.17) is 0 Å². The zero-order chi connectivity index (χ0) is 11.0. The number of rotatable bonds is 2. The molecule has 2 aromatic rings. The molecule has 0 N–H and O–H groups in total. The third-order valence-corrected chi connectivity index (χ3v) is 7.05. The highest BCUT2D eigenvalue weighted by atomic mass is 127. The molecule has 6 heteroatoms. The van der Waals surface area contributed by atoms with Gasteiger partial charge < -0.3 is 0 Å². The summed E-state index contributed by atoms with van der Waals surface area (Å²) in [6.07, 6.45) is 0. The lowest BCUT2D eigenvalue weighted by molar-refractivity contribution is 1.20. The fraction of sp³-hybridized carbons (Fsp3) is 0.111. The number of halogens is 4. The molecular formula is C9H4Br3IS2. The Bertz CT molecular complexity index is 477. The summed E-state index contributed by atoms with van der Waals surface area (Å²) in [5, 5.41) is 2.19. The van der Waals surface area contributed by atoms with Crippen LogP contribution in [0, 0.1) is 2.88 Å². The van der Waals surface area contributed by atoms with Gasteiger partial charge in [0.05, 0.1) is 15.3 Å². The second-order valence-corrected chi connectivity index (χ2v) is 10.3. The van der Waals surface area contributed by atoms with Crippen molar-refractivity contribution in [2.75, 3.05) is 0 Å². The van der Waals surface area contributed by atoms with E-state index in [0.29, 0.717) is 0 Å². The first kappa shape index (κ1) is 13.0. The monoisotopic (exact) mass is 540 g/mol. The summed E-state index contributed by atoms with van der Waals surface area (Å²) in [6, 6.07) is 4.36. The summed E-state index contributed by atoms with van der Waals surface area (Å²) < 4.78 is 3.65. The number of alkyl halides is 1. The van der Waals surface area contributed by atoms with Crippen LogP contribution in [-0.2, 0) is 0 Å². The molecule has 0 fully saturated rings. The van der Waals surface area contributed by atoms with Crippen molar-refractivity contribution < 1.29 is 0 Å². The SMILES string of the molecule is Brc1cc(C(Br)c2csc(I)c2)c(Br)s1. The summed E-state index contributed by atoms with van der Waals surface area (Å²) in [5.41, 5.74) is 2.59. The van der Waals surface area contributed by atoms with Crippen molar-refractivity contribution in [1.29, 1.82) is 0 Å². The molecule has 15 heavy (non-hydrogen) atoms. The molecule has 80 valence electrons. The molecule has 1 atom stereocenters. The Morgan fingerprint density at radius 1 is 1.27 bits per heavy atom. The van der Waals surface area contributed by atoms with Crippen molar-refractivity contribution in [2.45, 2.75) is 4.83 Å². The molecular weight excluding hydrogens is 539 g/mol. The molecule has 2 aromatic heterocycles. The number of thiophene rings is 2. The van der Waals surface area contributed by atoms with E-state index < -0.39 is 0 Å². The van der Waals surface area contributed by atoms with Crippen molar-refractivity contribution in [3.05, 3.63) is 39.1 Å². The van der Waals surface area contributed by atoms with Crippen LogP contribution >= 0.6 is 93.1 Å². The van der Waals surface area contributed by atoms with Crippen molar-refractivity contribution in [3.8, 4) is 0 Å². The molecule has 0 aromatic carbocycles. The van der Waals surface area contributed by atoms with E-state index >= 15 is 0 Å². The third kappa shape index (κ3) is 3.07. The lowest BCUT2D eigenvalue weighted by Crippen LogP contribution is -1.88. The van der Waals surface area contributed by atoms with Crippen molar-refractivity contribution in [3.63, 3.8) is 0 Å². The van der Waals surface area contributed by atoms with Gasteiger partial charge >= 0.3 is 0 Å². The maximum absolute atomic E-state index is 3.73. The molecule has 0 aliphatic carbocycles. The second-order valence-electron chi connectivity index (χ2n) is 2.83. The minimum Gasteiger partial charge on any atom is -0.137 e. The Hall–Kier alpha value is 1.57. The van der Waals surface area contributed by atoms with Gasteiger partial charge in [-0.25, -0.2) is 0 Å². The van der Waals surface area contributed by atoms with Gasteiger partial charge in [-0.15, -0.1) is 22.7 Å². The normalized spacial score (nSPS) is 13.1. The third-order valence-electron chi connectivity index (χ3n) is 1.84. The molecule has 0 radical (unpaired) electrons. The zero-order valence-corrected chi connectivity index (χ0v) is 15.7. The highest BCUT2D eigenvalue weighted by molar-refractivity contribution is 14.1. The Balaban J connectivity index is 2.35. The molecule has 0 amide bonds. The molecule has 0 spiro atoms. The average Bonchev–Trinajstić information content (AvgIpc) is 2.71. The van der Waals surface area contributed by atoms with Crippen LogP contribution in [0.4, 0.5) is 0 Å². The predicted octanol–water partition coefficient (Wildman–Crippen LogP) is 6.42. The highest BCUT2D eigenvalue weighted by Gasteiger charge is 2.17. The fourth-order valence-corrected chi connectivity index (χ4v) is 6.72. The number of hydrogen-bond donors (Lipinski definition) is 0. The minimum absolute atomic E-state index is 0.272. The standard InChI is InChI=1S/C9H4Br3IS2/c10-6-2-5(9(12)15-6)8(11)4-1-7(13)14-3-4/h1-3,8H. The van der Waals surface area contributed by atoms with Crippen LogP contribution in [-0.4, -0.2) is 0 Å². The first-order chi connectivity index (χ1) is 7.08. The zero-order valence-electron chi connectivity index (χ0n) is 7.14. The Morgan fingerprint density at radius 3 is 2.47 bits per heavy atom. The van der Waals surface area contributed by atoms with Crippen molar-refractivity contribution >= 4 is 93.1 Å². The minimum atomic E-state index is 0.272. The molecule has 1 unspecified atom stereocenters. The van der Waals surface area contributed by atoms with Crippen LogP contribution in [0.5, 0.6) is 0 Å². The average molecular weight is 543 g/mol. The van der Waals surface area contributed by atoms with Crippen LogP contribution in [0.1, 0.15) is 16.0 Å². The first-order valence-corrected chi connectivity index (χ1v) is 9.18. The van der Waals surface area contributed by atoms with Gasteiger partial charge in [-0.2, -0.15) is 0 Å². The van der Waals surface area contributed by atoms with Gasteiger partial charge in [-0.05, 0) is 83.1 Å². The Kier molecular flexibility index (Phi) is 4.75. The Labute approximate surface area is 135 Å². The fourth-order valence-electron chi connectivity index (χ4n) is 1.16. The summed E-state index contributed by atoms with van der Waals surface area (Å²) >= 11 is 16.6. The van der Waals surface area contributed by atoms with Gasteiger partial charge in [0.1, 0.15) is 0 Å². The van der Waals surface area contributed by atoms with Gasteiger partial charge in [0, 0.05) is 0 Å². The summed E-state index contributed by atoms with van der Waals surface area (Å²) in [5.74, 6) is 0. The second kappa shape index (κ2) is 5.48. The Morgan fingerprint density at radius 2 is 2.00 bits per heavy atom. The lowest BCUT2D eigenvalue weighted by Gasteiger charge is -2.05. The van der Waals surface area contributed by atoms with E-state index in [1.807, 2.05) is 0 Å². The number of hydrogen-bond acceptors (Lipinski definition) is 2. The lowest BCUT2D eigenvalue weighted by atomic mass is 10.1. The highest BCUT2D eigenvalue weighted by Crippen LogP contribution is 2.42. The molecule has 0 saturated carbocycles. The topological polar surface area (TPSA) is 0 Å². The van der Waals surface area contributed by atoms with Gasteiger partial charge in [-0.3, -0.25) is 0 Å². The van der Waals surface area contributed by atoms with Crippen LogP contribution in [0.2, 0.25) is 0 Å². The quantitative estimate of drug-likeness (QED) is 0.303. The van der Waals surface area contributed by atoms with Crippen molar-refractivity contribution in [1.82, 2.24) is 0 Å². The molecule has 0 nitrogen and oxygen atoms in total. The van der Waals surface area contributed by atoms with Gasteiger partial charge in [0.2, 0.25) is 0 Å². The summed E-state index contributed by atoms with van der Waals surface area (Å²) in [4.78, 5) is 0.272. The summed E-state index contributed by atoms with van der Waals surface area (Å²) in [6.45, 7) is 0. The molecule has 0 aliphatic rings.